The maximum atomic E-state index is 11.9. The van der Waals surface area contributed by atoms with Gasteiger partial charge in [0, 0.05) is 18.3 Å². The zero-order valence-corrected chi connectivity index (χ0v) is 17.0. The molecule has 0 atom stereocenters. The van der Waals surface area contributed by atoms with Crippen molar-refractivity contribution in [3.63, 3.8) is 0 Å². The van der Waals surface area contributed by atoms with Gasteiger partial charge in [-0.1, -0.05) is 42.5 Å². The van der Waals surface area contributed by atoms with E-state index in [1.807, 2.05) is 42.5 Å². The Bertz CT molecular complexity index is 1030. The molecule has 2 amide bonds. The molecule has 0 bridgehead atoms. The summed E-state index contributed by atoms with van der Waals surface area (Å²) in [6, 6.07) is 23.6. The molecule has 3 rings (SSSR count). The van der Waals surface area contributed by atoms with Gasteiger partial charge in [0.1, 0.15) is 5.75 Å². The summed E-state index contributed by atoms with van der Waals surface area (Å²) in [5.74, 6) is -0.843. The smallest absolute Gasteiger partial charge is 0.344 e. The third kappa shape index (κ3) is 6.43. The second-order valence-corrected chi connectivity index (χ2v) is 6.54. The van der Waals surface area contributed by atoms with E-state index < -0.39 is 18.5 Å². The summed E-state index contributed by atoms with van der Waals surface area (Å²) >= 11 is 0. The number of benzene rings is 3. The molecule has 0 saturated carbocycles. The second kappa shape index (κ2) is 10.6. The average molecular weight is 418 g/mol. The molecule has 0 aliphatic heterocycles. The normalized spacial score (nSPS) is 10.1. The lowest BCUT2D eigenvalue weighted by Gasteiger charge is -2.09. The standard InChI is InChI=1S/C24H22N2O5/c1-25-24(29)19-7-11-20(12-8-19)26-22(27)15-31-23(28)16-30-21-13-9-18(10-14-21)17-5-3-2-4-6-17/h2-14H,15-16H2,1H3,(H,25,29)(H,26,27). The van der Waals surface area contributed by atoms with Crippen LogP contribution in [-0.2, 0) is 14.3 Å². The highest BCUT2D eigenvalue weighted by Gasteiger charge is 2.10. The molecule has 0 fully saturated rings. The molecule has 31 heavy (non-hydrogen) atoms. The molecule has 158 valence electrons. The third-order valence-corrected chi connectivity index (χ3v) is 4.34. The van der Waals surface area contributed by atoms with Gasteiger partial charge in [-0.2, -0.15) is 0 Å². The van der Waals surface area contributed by atoms with Crippen LogP contribution in [0.25, 0.3) is 11.1 Å². The molecule has 0 heterocycles. The minimum Gasteiger partial charge on any atom is -0.482 e. The second-order valence-electron chi connectivity index (χ2n) is 6.54. The van der Waals surface area contributed by atoms with Crippen LogP contribution < -0.4 is 15.4 Å². The molecule has 0 aliphatic rings. The van der Waals surface area contributed by atoms with Crippen molar-refractivity contribution in [3.8, 4) is 16.9 Å². The Morgan fingerprint density at radius 1 is 0.774 bits per heavy atom. The summed E-state index contributed by atoms with van der Waals surface area (Å²) in [7, 11) is 1.54. The molecule has 0 aromatic heterocycles. The highest BCUT2D eigenvalue weighted by molar-refractivity contribution is 5.96. The Balaban J connectivity index is 1.40. The van der Waals surface area contributed by atoms with Gasteiger partial charge in [0.05, 0.1) is 0 Å². The quantitative estimate of drug-likeness (QED) is 0.548. The van der Waals surface area contributed by atoms with Crippen LogP contribution in [0.4, 0.5) is 5.69 Å². The molecule has 3 aromatic carbocycles. The molecule has 3 aromatic rings. The van der Waals surface area contributed by atoms with Crippen LogP contribution in [0.1, 0.15) is 10.4 Å². The number of nitrogens with one attached hydrogen (secondary N) is 2. The van der Waals surface area contributed by atoms with Crippen molar-refractivity contribution < 1.29 is 23.9 Å². The Kier molecular flexibility index (Phi) is 7.37. The van der Waals surface area contributed by atoms with E-state index in [1.54, 1.807) is 36.4 Å². The largest absolute Gasteiger partial charge is 0.482 e. The monoisotopic (exact) mass is 418 g/mol. The van der Waals surface area contributed by atoms with Gasteiger partial charge in [0.2, 0.25) is 0 Å². The van der Waals surface area contributed by atoms with Crippen LogP contribution >= 0.6 is 0 Å². The van der Waals surface area contributed by atoms with Gasteiger partial charge in [0.25, 0.3) is 11.8 Å². The predicted molar refractivity (Wildman–Crippen MR) is 117 cm³/mol. The van der Waals surface area contributed by atoms with Crippen LogP contribution in [0.2, 0.25) is 0 Å². The first-order valence-electron chi connectivity index (χ1n) is 9.61. The Hall–Kier alpha value is -4.13. The van der Waals surface area contributed by atoms with E-state index in [-0.39, 0.29) is 12.5 Å². The number of rotatable bonds is 8. The molecule has 0 spiro atoms. The van der Waals surface area contributed by atoms with Gasteiger partial charge in [-0.05, 0) is 47.5 Å². The van der Waals surface area contributed by atoms with E-state index in [0.29, 0.717) is 17.0 Å². The third-order valence-electron chi connectivity index (χ3n) is 4.34. The van der Waals surface area contributed by atoms with Gasteiger partial charge in [-0.3, -0.25) is 9.59 Å². The Labute approximate surface area is 180 Å². The van der Waals surface area contributed by atoms with Gasteiger partial charge < -0.3 is 20.1 Å². The molecule has 7 heteroatoms. The minimum absolute atomic E-state index is 0.221. The van der Waals surface area contributed by atoms with Crippen LogP contribution in [0.3, 0.4) is 0 Å². The van der Waals surface area contributed by atoms with Crippen LogP contribution in [0.15, 0.2) is 78.9 Å². The fraction of sp³-hybridized carbons (Fsp3) is 0.125. The van der Waals surface area contributed by atoms with Crippen LogP contribution in [-0.4, -0.2) is 38.0 Å². The zero-order chi connectivity index (χ0) is 22.1. The lowest BCUT2D eigenvalue weighted by atomic mass is 10.1. The lowest BCUT2D eigenvalue weighted by molar-refractivity contribution is -0.149. The van der Waals surface area contributed by atoms with Crippen molar-refractivity contribution in [2.24, 2.45) is 0 Å². The first kappa shape index (κ1) is 21.6. The van der Waals surface area contributed by atoms with E-state index in [4.69, 9.17) is 9.47 Å². The van der Waals surface area contributed by atoms with Crippen molar-refractivity contribution in [1.82, 2.24) is 5.32 Å². The number of esters is 1. The molecule has 0 unspecified atom stereocenters. The van der Waals surface area contributed by atoms with Gasteiger partial charge in [0.15, 0.2) is 13.2 Å². The van der Waals surface area contributed by atoms with E-state index in [9.17, 15) is 14.4 Å². The molecule has 7 nitrogen and oxygen atoms in total. The minimum atomic E-state index is -0.655. The van der Waals surface area contributed by atoms with Crippen molar-refractivity contribution in [2.75, 3.05) is 25.6 Å². The topological polar surface area (TPSA) is 93.7 Å². The molecule has 2 N–H and O–H groups in total. The summed E-state index contributed by atoms with van der Waals surface area (Å²) in [4.78, 5) is 35.3. The van der Waals surface area contributed by atoms with Crippen molar-refractivity contribution in [2.45, 2.75) is 0 Å². The first-order valence-corrected chi connectivity index (χ1v) is 9.61. The Morgan fingerprint density at radius 2 is 1.42 bits per heavy atom. The van der Waals surface area contributed by atoms with Crippen molar-refractivity contribution in [3.05, 3.63) is 84.4 Å². The average Bonchev–Trinajstić information content (AvgIpc) is 2.82. The summed E-state index contributed by atoms with van der Waals surface area (Å²) in [6.07, 6.45) is 0. The molecular formula is C24H22N2O5. The molecular weight excluding hydrogens is 396 g/mol. The maximum absolute atomic E-state index is 11.9. The number of amides is 2. The number of carbonyl (C=O) groups excluding carboxylic acids is 3. The molecule has 0 radical (unpaired) electrons. The number of hydrogen-bond donors (Lipinski definition) is 2. The summed E-state index contributed by atoms with van der Waals surface area (Å²) in [5, 5.41) is 5.10. The first-order chi connectivity index (χ1) is 15.0. The van der Waals surface area contributed by atoms with E-state index >= 15 is 0 Å². The number of carbonyl (C=O) groups is 3. The van der Waals surface area contributed by atoms with E-state index in [0.717, 1.165) is 11.1 Å². The van der Waals surface area contributed by atoms with Crippen molar-refractivity contribution >= 4 is 23.5 Å². The van der Waals surface area contributed by atoms with Gasteiger partial charge >= 0.3 is 5.97 Å². The van der Waals surface area contributed by atoms with Crippen molar-refractivity contribution in [1.29, 1.82) is 0 Å². The SMILES string of the molecule is CNC(=O)c1ccc(NC(=O)COC(=O)COc2ccc(-c3ccccc3)cc2)cc1. The zero-order valence-electron chi connectivity index (χ0n) is 17.0. The van der Waals surface area contributed by atoms with Crippen LogP contribution in [0, 0.1) is 0 Å². The number of hydrogen-bond acceptors (Lipinski definition) is 5. The Morgan fingerprint density at radius 3 is 2.06 bits per heavy atom. The van der Waals surface area contributed by atoms with Crippen LogP contribution in [0.5, 0.6) is 5.75 Å². The number of anilines is 1. The summed E-state index contributed by atoms with van der Waals surface area (Å²) < 4.78 is 10.3. The lowest BCUT2D eigenvalue weighted by Crippen LogP contribution is -2.23. The fourth-order valence-corrected chi connectivity index (χ4v) is 2.75. The highest BCUT2D eigenvalue weighted by atomic mass is 16.6. The summed E-state index contributed by atoms with van der Waals surface area (Å²) in [5.41, 5.74) is 3.09. The van der Waals surface area contributed by atoms with E-state index in [1.165, 1.54) is 7.05 Å². The highest BCUT2D eigenvalue weighted by Crippen LogP contribution is 2.22. The molecule has 0 aliphatic carbocycles. The van der Waals surface area contributed by atoms with E-state index in [2.05, 4.69) is 10.6 Å². The fourth-order valence-electron chi connectivity index (χ4n) is 2.75. The molecule has 0 saturated heterocycles. The maximum Gasteiger partial charge on any atom is 0.344 e. The van der Waals surface area contributed by atoms with Gasteiger partial charge in [-0.15, -0.1) is 0 Å². The van der Waals surface area contributed by atoms with Gasteiger partial charge in [-0.25, -0.2) is 4.79 Å². The number of ether oxygens (including phenoxy) is 2. The summed E-state index contributed by atoms with van der Waals surface area (Å²) in [6.45, 7) is -0.745. The predicted octanol–water partition coefficient (Wildman–Crippen LogP) is 3.27.